The Morgan fingerprint density at radius 2 is 1.76 bits per heavy atom. The van der Waals surface area contributed by atoms with Gasteiger partial charge in [-0.1, -0.05) is 12.1 Å². The van der Waals surface area contributed by atoms with Gasteiger partial charge in [0.25, 0.3) is 0 Å². The van der Waals surface area contributed by atoms with Gasteiger partial charge in [-0.25, -0.2) is 9.07 Å². The van der Waals surface area contributed by atoms with Gasteiger partial charge in [0, 0.05) is 31.9 Å². The number of halogens is 1. The zero-order valence-electron chi connectivity index (χ0n) is 18.3. The number of aromatic nitrogens is 4. The second kappa shape index (κ2) is 9.41. The van der Waals surface area contributed by atoms with E-state index in [1.165, 1.54) is 12.1 Å². The monoisotopic (exact) mass is 448 g/mol. The second-order valence-electron chi connectivity index (χ2n) is 7.95. The van der Waals surface area contributed by atoms with Gasteiger partial charge in [0.2, 0.25) is 0 Å². The van der Waals surface area contributed by atoms with Gasteiger partial charge < -0.3 is 14.1 Å². The van der Waals surface area contributed by atoms with Gasteiger partial charge in [-0.05, 0) is 64.5 Å². The summed E-state index contributed by atoms with van der Waals surface area (Å²) >= 11 is 0. The Morgan fingerprint density at radius 3 is 2.42 bits per heavy atom. The summed E-state index contributed by atoms with van der Waals surface area (Å²) in [6, 6.07) is 18.3. The van der Waals surface area contributed by atoms with Crippen LogP contribution in [0.1, 0.15) is 23.2 Å². The summed E-state index contributed by atoms with van der Waals surface area (Å²) in [5, 5.41) is 12.6. The van der Waals surface area contributed by atoms with Crippen LogP contribution >= 0.6 is 0 Å². The molecule has 0 aliphatic carbocycles. The van der Waals surface area contributed by atoms with Gasteiger partial charge in [-0.2, -0.15) is 0 Å². The Kier molecular flexibility index (Phi) is 6.03. The number of ether oxygens (including phenoxy) is 1. The van der Waals surface area contributed by atoms with Crippen LogP contribution in [0.2, 0.25) is 0 Å². The van der Waals surface area contributed by atoms with Gasteiger partial charge in [-0.3, -0.25) is 4.90 Å². The molecule has 1 saturated heterocycles. The molecule has 5 rings (SSSR count). The van der Waals surface area contributed by atoms with Crippen LogP contribution in [0, 0.1) is 5.82 Å². The second-order valence-corrected chi connectivity index (χ2v) is 7.95. The van der Waals surface area contributed by atoms with Crippen molar-refractivity contribution >= 4 is 5.69 Å². The minimum absolute atomic E-state index is 0.128. The van der Waals surface area contributed by atoms with Crippen LogP contribution < -0.4 is 9.64 Å². The molecule has 3 heterocycles. The molecule has 2 aromatic carbocycles. The van der Waals surface area contributed by atoms with E-state index in [0.29, 0.717) is 6.54 Å². The van der Waals surface area contributed by atoms with Crippen LogP contribution in [0.5, 0.6) is 5.75 Å². The average Bonchev–Trinajstić information content (AvgIpc) is 3.54. The molecule has 0 radical (unpaired) electrons. The van der Waals surface area contributed by atoms with Crippen molar-refractivity contribution in [2.24, 2.45) is 0 Å². The van der Waals surface area contributed by atoms with Crippen molar-refractivity contribution in [3.8, 4) is 5.75 Å². The van der Waals surface area contributed by atoms with Crippen LogP contribution in [0.25, 0.3) is 0 Å². The number of tetrazole rings is 1. The van der Waals surface area contributed by atoms with Crippen LogP contribution in [0.4, 0.5) is 10.1 Å². The van der Waals surface area contributed by atoms with Crippen molar-refractivity contribution in [3.05, 3.63) is 89.9 Å². The molecule has 9 heteroatoms. The maximum atomic E-state index is 13.3. The first kappa shape index (κ1) is 21.1. The van der Waals surface area contributed by atoms with Crippen molar-refractivity contribution in [2.45, 2.75) is 12.6 Å². The predicted octanol–water partition coefficient (Wildman–Crippen LogP) is 3.37. The highest BCUT2D eigenvalue weighted by Gasteiger charge is 2.31. The molecule has 4 aromatic rings. The minimum Gasteiger partial charge on any atom is -0.497 e. The van der Waals surface area contributed by atoms with E-state index in [2.05, 4.69) is 37.5 Å². The third-order valence-corrected chi connectivity index (χ3v) is 5.99. The third-order valence-electron chi connectivity index (χ3n) is 5.99. The van der Waals surface area contributed by atoms with Gasteiger partial charge >= 0.3 is 0 Å². The highest BCUT2D eigenvalue weighted by molar-refractivity contribution is 5.46. The molecule has 0 saturated carbocycles. The smallest absolute Gasteiger partial charge is 0.173 e. The maximum Gasteiger partial charge on any atom is 0.173 e. The fraction of sp³-hybridized carbons (Fsp3) is 0.292. The number of furan rings is 1. The van der Waals surface area contributed by atoms with Gasteiger partial charge in [0.1, 0.15) is 23.9 Å². The molecular formula is C24H25FN6O2. The zero-order valence-corrected chi connectivity index (χ0v) is 18.3. The summed E-state index contributed by atoms with van der Waals surface area (Å²) in [6.07, 6.45) is 1.65. The average molecular weight is 449 g/mol. The first-order valence-electron chi connectivity index (χ1n) is 10.9. The molecule has 1 fully saturated rings. The minimum atomic E-state index is -0.222. The first-order valence-corrected chi connectivity index (χ1v) is 10.9. The summed E-state index contributed by atoms with van der Waals surface area (Å²) < 4.78 is 26.0. The highest BCUT2D eigenvalue weighted by Crippen LogP contribution is 2.30. The van der Waals surface area contributed by atoms with Crippen molar-refractivity contribution in [3.63, 3.8) is 0 Å². The number of methoxy groups -OCH3 is 1. The fourth-order valence-corrected chi connectivity index (χ4v) is 4.27. The first-order chi connectivity index (χ1) is 16.2. The lowest BCUT2D eigenvalue weighted by Crippen LogP contribution is -2.48. The number of hydrogen-bond acceptors (Lipinski definition) is 7. The van der Waals surface area contributed by atoms with E-state index >= 15 is 0 Å². The predicted molar refractivity (Wildman–Crippen MR) is 121 cm³/mol. The number of nitrogens with zero attached hydrogens (tertiary/aromatic N) is 6. The molecule has 0 amide bonds. The Morgan fingerprint density at radius 1 is 1.00 bits per heavy atom. The van der Waals surface area contributed by atoms with Crippen LogP contribution in [0.15, 0.2) is 71.3 Å². The highest BCUT2D eigenvalue weighted by atomic mass is 19.1. The standard InChI is InChI=1S/C24H25FN6O2/c1-32-21-10-4-18(5-11-21)23(24-26-27-28-31(24)17-22-3-2-16-33-22)30-14-12-29(13-15-30)20-8-6-19(25)7-9-20/h2-11,16,23H,12-15,17H2,1H3/t23-/m1/s1. The van der Waals surface area contributed by atoms with Crippen LogP contribution in [-0.4, -0.2) is 58.4 Å². The molecule has 1 atom stereocenters. The zero-order chi connectivity index (χ0) is 22.6. The summed E-state index contributed by atoms with van der Waals surface area (Å²) in [5.41, 5.74) is 2.11. The maximum absolute atomic E-state index is 13.3. The number of hydrogen-bond donors (Lipinski definition) is 0. The molecule has 1 aliphatic rings. The Bertz CT molecular complexity index is 1150. The van der Waals surface area contributed by atoms with Gasteiger partial charge in [0.05, 0.1) is 19.4 Å². The number of rotatable bonds is 7. The largest absolute Gasteiger partial charge is 0.497 e. The van der Waals surface area contributed by atoms with Crippen LogP contribution in [-0.2, 0) is 6.54 Å². The van der Waals surface area contributed by atoms with Crippen molar-refractivity contribution in [1.82, 2.24) is 25.1 Å². The molecule has 1 aliphatic heterocycles. The molecule has 2 aromatic heterocycles. The number of piperazine rings is 1. The van der Waals surface area contributed by atoms with E-state index in [-0.39, 0.29) is 11.9 Å². The van der Waals surface area contributed by atoms with Gasteiger partial charge in [0.15, 0.2) is 5.82 Å². The summed E-state index contributed by atoms with van der Waals surface area (Å²) in [7, 11) is 1.66. The lowest BCUT2D eigenvalue weighted by Gasteiger charge is -2.39. The molecule has 0 bridgehead atoms. The molecule has 0 spiro atoms. The van der Waals surface area contributed by atoms with Crippen molar-refractivity contribution in [1.29, 1.82) is 0 Å². The summed E-state index contributed by atoms with van der Waals surface area (Å²) in [4.78, 5) is 4.65. The van der Waals surface area contributed by atoms with E-state index in [1.807, 2.05) is 36.4 Å². The van der Waals surface area contributed by atoms with E-state index in [1.54, 1.807) is 18.1 Å². The van der Waals surface area contributed by atoms with E-state index < -0.39 is 0 Å². The van der Waals surface area contributed by atoms with E-state index in [4.69, 9.17) is 9.15 Å². The molecule has 33 heavy (non-hydrogen) atoms. The van der Waals surface area contributed by atoms with Crippen LogP contribution in [0.3, 0.4) is 0 Å². The Labute approximate surface area is 191 Å². The topological polar surface area (TPSA) is 72.4 Å². The van der Waals surface area contributed by atoms with E-state index in [9.17, 15) is 4.39 Å². The Hall–Kier alpha value is -3.72. The quantitative estimate of drug-likeness (QED) is 0.429. The SMILES string of the molecule is COc1ccc([C@H](c2nnnn2Cc2ccco2)N2CCN(c3ccc(F)cc3)CC2)cc1. The summed E-state index contributed by atoms with van der Waals surface area (Å²) in [6.45, 7) is 3.71. The Balaban J connectivity index is 1.41. The van der Waals surface area contributed by atoms with Crippen molar-refractivity contribution < 1.29 is 13.5 Å². The third kappa shape index (κ3) is 4.58. The molecular weight excluding hydrogens is 423 g/mol. The van der Waals surface area contributed by atoms with E-state index in [0.717, 1.165) is 54.8 Å². The van der Waals surface area contributed by atoms with Crippen molar-refractivity contribution in [2.75, 3.05) is 38.2 Å². The fourth-order valence-electron chi connectivity index (χ4n) is 4.27. The number of anilines is 1. The lowest BCUT2D eigenvalue weighted by atomic mass is 10.0. The molecule has 170 valence electrons. The molecule has 0 N–H and O–H groups in total. The summed E-state index contributed by atoms with van der Waals surface area (Å²) in [5.74, 6) is 2.12. The van der Waals surface area contributed by atoms with Gasteiger partial charge in [-0.15, -0.1) is 5.10 Å². The molecule has 8 nitrogen and oxygen atoms in total. The normalized spacial score (nSPS) is 15.5. The molecule has 0 unspecified atom stereocenters. The lowest BCUT2D eigenvalue weighted by molar-refractivity contribution is 0.200. The number of benzene rings is 2.